The number of aromatic nitrogens is 2. The number of rotatable bonds is 5. The molecule has 0 saturated carbocycles. The number of fused-ring (bicyclic) bond motifs is 1. The van der Waals surface area contributed by atoms with Crippen molar-refractivity contribution in [2.45, 2.75) is 19.5 Å². The SMILES string of the molecule is CC(NC(=O)c1ccc(Cl)s1)C(=O)N1CCN(Cc2ccc3c(N)ncnc3c2)C(=O)C1. The lowest BCUT2D eigenvalue weighted by Crippen LogP contribution is -2.56. The fourth-order valence-corrected chi connectivity index (χ4v) is 4.49. The first-order valence-corrected chi connectivity index (χ1v) is 11.1. The molecule has 0 radical (unpaired) electrons. The molecule has 1 aliphatic heterocycles. The van der Waals surface area contributed by atoms with Crippen LogP contribution in [0, 0.1) is 0 Å². The van der Waals surface area contributed by atoms with Crippen molar-refractivity contribution in [3.8, 4) is 0 Å². The first-order valence-electron chi connectivity index (χ1n) is 9.93. The summed E-state index contributed by atoms with van der Waals surface area (Å²) in [6.45, 7) is 2.77. The molecule has 4 rings (SSSR count). The van der Waals surface area contributed by atoms with Gasteiger partial charge in [0.05, 0.1) is 21.3 Å². The summed E-state index contributed by atoms with van der Waals surface area (Å²) in [5.41, 5.74) is 7.49. The Hall–Kier alpha value is -3.24. The monoisotopic (exact) mass is 472 g/mol. The van der Waals surface area contributed by atoms with Gasteiger partial charge in [-0.2, -0.15) is 0 Å². The van der Waals surface area contributed by atoms with E-state index in [4.69, 9.17) is 17.3 Å². The summed E-state index contributed by atoms with van der Waals surface area (Å²) in [7, 11) is 0. The van der Waals surface area contributed by atoms with E-state index in [1.807, 2.05) is 18.2 Å². The van der Waals surface area contributed by atoms with Crippen molar-refractivity contribution in [3.05, 3.63) is 51.4 Å². The van der Waals surface area contributed by atoms with E-state index < -0.39 is 6.04 Å². The Morgan fingerprint density at radius 2 is 2.06 bits per heavy atom. The molecule has 11 heteroatoms. The molecule has 2 aromatic heterocycles. The number of hydrogen-bond donors (Lipinski definition) is 2. The quantitative estimate of drug-likeness (QED) is 0.585. The topological polar surface area (TPSA) is 122 Å². The highest BCUT2D eigenvalue weighted by atomic mass is 35.5. The standard InChI is InChI=1S/C21H21ClN6O3S/c1-12(26-20(30)16-4-5-17(22)32-16)21(31)28-7-6-27(18(29)10-28)9-13-2-3-14-15(8-13)24-11-25-19(14)23/h2-5,8,11-12H,6-7,9-10H2,1H3,(H,26,30)(H2,23,24,25). The molecule has 3 heterocycles. The highest BCUT2D eigenvalue weighted by Crippen LogP contribution is 2.22. The van der Waals surface area contributed by atoms with Gasteiger partial charge in [-0.15, -0.1) is 11.3 Å². The molecule has 32 heavy (non-hydrogen) atoms. The van der Waals surface area contributed by atoms with Crippen LogP contribution in [0.25, 0.3) is 10.9 Å². The van der Waals surface area contributed by atoms with Gasteiger partial charge in [-0.3, -0.25) is 14.4 Å². The van der Waals surface area contributed by atoms with Crippen LogP contribution >= 0.6 is 22.9 Å². The van der Waals surface area contributed by atoms with Gasteiger partial charge in [0.2, 0.25) is 11.8 Å². The molecule has 1 saturated heterocycles. The number of piperazine rings is 1. The molecular formula is C21H21ClN6O3S. The van der Waals surface area contributed by atoms with Crippen molar-refractivity contribution in [1.29, 1.82) is 0 Å². The summed E-state index contributed by atoms with van der Waals surface area (Å²) < 4.78 is 0.498. The van der Waals surface area contributed by atoms with Gasteiger partial charge in [0, 0.05) is 25.0 Å². The molecular weight excluding hydrogens is 452 g/mol. The third-order valence-electron chi connectivity index (χ3n) is 5.25. The third kappa shape index (κ3) is 4.66. The van der Waals surface area contributed by atoms with E-state index in [9.17, 15) is 14.4 Å². The Balaban J connectivity index is 1.35. The molecule has 1 aromatic carbocycles. The lowest BCUT2D eigenvalue weighted by molar-refractivity contribution is -0.146. The van der Waals surface area contributed by atoms with E-state index in [-0.39, 0.29) is 24.3 Å². The number of hydrogen-bond acceptors (Lipinski definition) is 7. The van der Waals surface area contributed by atoms with Crippen LogP contribution in [0.5, 0.6) is 0 Å². The van der Waals surface area contributed by atoms with Crippen molar-refractivity contribution in [2.24, 2.45) is 0 Å². The lowest BCUT2D eigenvalue weighted by Gasteiger charge is -2.35. The van der Waals surface area contributed by atoms with E-state index in [1.54, 1.807) is 24.0 Å². The van der Waals surface area contributed by atoms with Gasteiger partial charge < -0.3 is 20.9 Å². The average molecular weight is 473 g/mol. The zero-order chi connectivity index (χ0) is 22.8. The number of thiophene rings is 1. The number of halogens is 1. The molecule has 0 bridgehead atoms. The summed E-state index contributed by atoms with van der Waals surface area (Å²) in [4.78, 5) is 49.5. The molecule has 3 amide bonds. The van der Waals surface area contributed by atoms with E-state index in [1.165, 1.54) is 11.2 Å². The minimum Gasteiger partial charge on any atom is -0.383 e. The number of amides is 3. The van der Waals surface area contributed by atoms with Gasteiger partial charge in [0.1, 0.15) is 18.2 Å². The Morgan fingerprint density at radius 1 is 1.25 bits per heavy atom. The van der Waals surface area contributed by atoms with E-state index in [0.717, 1.165) is 22.3 Å². The molecule has 0 spiro atoms. The Bertz CT molecular complexity index is 1200. The zero-order valence-corrected chi connectivity index (χ0v) is 18.8. The molecule has 0 aliphatic carbocycles. The summed E-state index contributed by atoms with van der Waals surface area (Å²) in [6.07, 6.45) is 1.41. The van der Waals surface area contributed by atoms with Gasteiger partial charge in [-0.1, -0.05) is 17.7 Å². The van der Waals surface area contributed by atoms with Crippen molar-refractivity contribution < 1.29 is 14.4 Å². The van der Waals surface area contributed by atoms with Crippen LogP contribution in [0.4, 0.5) is 5.82 Å². The van der Waals surface area contributed by atoms with Crippen LogP contribution in [0.3, 0.4) is 0 Å². The first kappa shape index (κ1) is 22.0. The average Bonchev–Trinajstić information content (AvgIpc) is 3.21. The number of nitrogen functional groups attached to an aromatic ring is 1. The van der Waals surface area contributed by atoms with E-state index in [2.05, 4.69) is 15.3 Å². The molecule has 9 nitrogen and oxygen atoms in total. The number of benzene rings is 1. The summed E-state index contributed by atoms with van der Waals surface area (Å²) in [5.74, 6) is -0.413. The summed E-state index contributed by atoms with van der Waals surface area (Å²) in [6, 6.07) is 8.09. The summed E-state index contributed by atoms with van der Waals surface area (Å²) >= 11 is 7.00. The highest BCUT2D eigenvalue weighted by molar-refractivity contribution is 7.18. The van der Waals surface area contributed by atoms with Crippen LogP contribution in [-0.4, -0.2) is 63.2 Å². The smallest absolute Gasteiger partial charge is 0.262 e. The highest BCUT2D eigenvalue weighted by Gasteiger charge is 2.30. The van der Waals surface area contributed by atoms with Crippen LogP contribution in [0.15, 0.2) is 36.7 Å². The third-order valence-corrected chi connectivity index (χ3v) is 6.48. The minimum atomic E-state index is -0.756. The second-order valence-electron chi connectivity index (χ2n) is 7.48. The Kier molecular flexibility index (Phi) is 6.24. The van der Waals surface area contributed by atoms with E-state index >= 15 is 0 Å². The van der Waals surface area contributed by atoms with E-state index in [0.29, 0.717) is 40.2 Å². The lowest BCUT2D eigenvalue weighted by atomic mass is 10.1. The second kappa shape index (κ2) is 9.09. The molecule has 1 atom stereocenters. The van der Waals surface area contributed by atoms with Crippen LogP contribution in [-0.2, 0) is 16.1 Å². The summed E-state index contributed by atoms with van der Waals surface area (Å²) in [5, 5.41) is 3.43. The van der Waals surface area contributed by atoms with Crippen LogP contribution < -0.4 is 11.1 Å². The van der Waals surface area contributed by atoms with Gasteiger partial charge in [0.15, 0.2) is 0 Å². The molecule has 1 unspecified atom stereocenters. The van der Waals surface area contributed by atoms with Crippen molar-refractivity contribution in [3.63, 3.8) is 0 Å². The zero-order valence-electron chi connectivity index (χ0n) is 17.2. The maximum Gasteiger partial charge on any atom is 0.262 e. The molecule has 1 fully saturated rings. The van der Waals surface area contributed by atoms with Gasteiger partial charge in [-0.05, 0) is 36.8 Å². The number of nitrogens with zero attached hydrogens (tertiary/aromatic N) is 4. The molecule has 166 valence electrons. The molecule has 1 aliphatic rings. The Labute approximate surface area is 193 Å². The maximum atomic E-state index is 12.8. The van der Waals surface area contributed by atoms with Gasteiger partial charge in [0.25, 0.3) is 5.91 Å². The predicted octanol–water partition coefficient (Wildman–Crippen LogP) is 1.92. The maximum absolute atomic E-state index is 12.8. The Morgan fingerprint density at radius 3 is 2.78 bits per heavy atom. The van der Waals surface area contributed by atoms with Crippen LogP contribution in [0.1, 0.15) is 22.2 Å². The fraction of sp³-hybridized carbons (Fsp3) is 0.286. The normalized spacial score (nSPS) is 15.1. The predicted molar refractivity (Wildman–Crippen MR) is 122 cm³/mol. The van der Waals surface area contributed by atoms with Crippen molar-refractivity contribution >= 4 is 57.4 Å². The number of nitrogens with one attached hydrogen (secondary N) is 1. The van der Waals surface area contributed by atoms with Gasteiger partial charge in [-0.25, -0.2) is 9.97 Å². The number of carbonyl (C=O) groups excluding carboxylic acids is 3. The number of anilines is 1. The largest absolute Gasteiger partial charge is 0.383 e. The van der Waals surface area contributed by atoms with Crippen LogP contribution in [0.2, 0.25) is 4.34 Å². The molecule has 3 aromatic rings. The first-order chi connectivity index (χ1) is 15.3. The number of carbonyl (C=O) groups is 3. The fourth-order valence-electron chi connectivity index (χ4n) is 3.55. The molecule has 3 N–H and O–H groups in total. The van der Waals surface area contributed by atoms with Gasteiger partial charge >= 0.3 is 0 Å². The minimum absolute atomic E-state index is 0.0351. The number of nitrogens with two attached hydrogens (primary N) is 1. The van der Waals surface area contributed by atoms with Crippen molar-refractivity contribution in [1.82, 2.24) is 25.1 Å². The second-order valence-corrected chi connectivity index (χ2v) is 9.20. The van der Waals surface area contributed by atoms with Crippen molar-refractivity contribution in [2.75, 3.05) is 25.4 Å².